The third kappa shape index (κ3) is 4.61. The van der Waals surface area contributed by atoms with Crippen molar-refractivity contribution < 1.29 is 9.47 Å². The van der Waals surface area contributed by atoms with E-state index in [0.29, 0.717) is 0 Å². The summed E-state index contributed by atoms with van der Waals surface area (Å²) in [5.41, 5.74) is -0.389. The molecule has 0 aliphatic rings. The van der Waals surface area contributed by atoms with Crippen molar-refractivity contribution in [1.29, 1.82) is 0 Å². The van der Waals surface area contributed by atoms with E-state index in [2.05, 4.69) is 15.0 Å². The smallest absolute Gasteiger partial charge is 0.324 e. The van der Waals surface area contributed by atoms with Gasteiger partial charge in [-0.2, -0.15) is 9.97 Å². The molecule has 0 aromatic carbocycles. The van der Waals surface area contributed by atoms with E-state index in [4.69, 9.17) is 21.1 Å². The minimum Gasteiger partial charge on any atom is -0.461 e. The van der Waals surface area contributed by atoms with Gasteiger partial charge >= 0.3 is 12.0 Å². The van der Waals surface area contributed by atoms with Crippen molar-refractivity contribution >= 4 is 11.6 Å². The number of ether oxygens (including phenoxy) is 2. The lowest BCUT2D eigenvalue weighted by Crippen LogP contribution is -2.24. The Bertz CT molecular complexity index is 364. The topological polar surface area (TPSA) is 57.1 Å². The third-order valence-electron chi connectivity index (χ3n) is 1.31. The van der Waals surface area contributed by atoms with E-state index in [-0.39, 0.29) is 29.0 Å². The lowest BCUT2D eigenvalue weighted by atomic mass is 10.2. The van der Waals surface area contributed by atoms with Crippen LogP contribution in [0.15, 0.2) is 0 Å². The van der Waals surface area contributed by atoms with Crippen LogP contribution < -0.4 is 9.47 Å². The molecule has 1 aromatic rings. The Morgan fingerprint density at radius 1 is 1.06 bits per heavy atom. The number of hydrogen-bond donors (Lipinski definition) is 0. The van der Waals surface area contributed by atoms with Gasteiger partial charge in [0, 0.05) is 0 Å². The Kier molecular flexibility index (Phi) is 3.91. The molecule has 0 bridgehead atoms. The Labute approximate surface area is 100 Å². The van der Waals surface area contributed by atoms with Crippen molar-refractivity contribution in [2.24, 2.45) is 0 Å². The molecule has 90 valence electrons. The van der Waals surface area contributed by atoms with Crippen molar-refractivity contribution in [1.82, 2.24) is 15.0 Å². The van der Waals surface area contributed by atoms with Crippen LogP contribution >= 0.6 is 11.6 Å². The van der Waals surface area contributed by atoms with Crippen LogP contribution in [0.5, 0.6) is 12.0 Å². The molecular formula is C10H16ClN3O2. The first-order chi connectivity index (χ1) is 7.26. The fraction of sp³-hybridized carbons (Fsp3) is 0.700. The molecule has 0 spiro atoms. The largest absolute Gasteiger partial charge is 0.461 e. The number of halogens is 1. The van der Waals surface area contributed by atoms with Gasteiger partial charge in [-0.15, -0.1) is 4.98 Å². The first-order valence-electron chi connectivity index (χ1n) is 5.03. The van der Waals surface area contributed by atoms with E-state index in [1.165, 1.54) is 0 Å². The summed E-state index contributed by atoms with van der Waals surface area (Å²) in [6.45, 7) is 9.44. The van der Waals surface area contributed by atoms with Crippen LogP contribution in [0.4, 0.5) is 0 Å². The van der Waals surface area contributed by atoms with Crippen molar-refractivity contribution in [3.63, 3.8) is 0 Å². The maximum Gasteiger partial charge on any atom is 0.324 e. The second kappa shape index (κ2) is 4.82. The van der Waals surface area contributed by atoms with Gasteiger partial charge in [-0.1, -0.05) is 0 Å². The summed E-state index contributed by atoms with van der Waals surface area (Å²) in [7, 11) is 0. The maximum atomic E-state index is 5.74. The van der Waals surface area contributed by atoms with Gasteiger partial charge < -0.3 is 9.47 Å². The molecule has 0 amide bonds. The zero-order chi connectivity index (χ0) is 12.3. The molecule has 0 saturated carbocycles. The highest BCUT2D eigenvalue weighted by atomic mass is 35.5. The molecule has 0 saturated heterocycles. The van der Waals surface area contributed by atoms with Crippen LogP contribution in [0.1, 0.15) is 34.6 Å². The van der Waals surface area contributed by atoms with Crippen LogP contribution in [-0.2, 0) is 0 Å². The zero-order valence-corrected chi connectivity index (χ0v) is 10.9. The average Bonchev–Trinajstić information content (AvgIpc) is 1.96. The maximum absolute atomic E-state index is 5.74. The average molecular weight is 246 g/mol. The quantitative estimate of drug-likeness (QED) is 0.819. The predicted octanol–water partition coefficient (Wildman–Crippen LogP) is 2.49. The van der Waals surface area contributed by atoms with Gasteiger partial charge in [0.25, 0.3) is 0 Å². The number of hydrogen-bond acceptors (Lipinski definition) is 5. The molecule has 1 rings (SSSR count). The Balaban J connectivity index is 2.90. The Morgan fingerprint density at radius 3 is 2.12 bits per heavy atom. The highest BCUT2D eigenvalue weighted by Gasteiger charge is 2.16. The van der Waals surface area contributed by atoms with Crippen LogP contribution in [0, 0.1) is 0 Å². The van der Waals surface area contributed by atoms with E-state index >= 15 is 0 Å². The van der Waals surface area contributed by atoms with Gasteiger partial charge in [-0.3, -0.25) is 0 Å². The van der Waals surface area contributed by atoms with Gasteiger partial charge in [0.15, 0.2) is 0 Å². The minimum absolute atomic E-state index is 0.0269. The van der Waals surface area contributed by atoms with Gasteiger partial charge in [-0.05, 0) is 46.2 Å². The molecule has 1 aromatic heterocycles. The molecule has 5 nitrogen and oxygen atoms in total. The molecule has 6 heteroatoms. The second-order valence-corrected chi connectivity index (χ2v) is 4.89. The first kappa shape index (κ1) is 13.0. The number of aromatic nitrogens is 3. The Hall–Kier alpha value is -1.10. The summed E-state index contributed by atoms with van der Waals surface area (Å²) in [5.74, 6) is 0. The summed E-state index contributed by atoms with van der Waals surface area (Å²) in [6, 6.07) is 0.345. The van der Waals surface area contributed by atoms with Crippen LogP contribution in [-0.4, -0.2) is 26.7 Å². The zero-order valence-electron chi connectivity index (χ0n) is 10.1. The van der Waals surface area contributed by atoms with Gasteiger partial charge in [0.2, 0.25) is 5.28 Å². The number of rotatable bonds is 3. The van der Waals surface area contributed by atoms with Crippen molar-refractivity contribution in [2.45, 2.75) is 46.3 Å². The summed E-state index contributed by atoms with van der Waals surface area (Å²) in [4.78, 5) is 11.7. The first-order valence-corrected chi connectivity index (χ1v) is 5.41. The van der Waals surface area contributed by atoms with Crippen LogP contribution in [0.25, 0.3) is 0 Å². The summed E-state index contributed by atoms with van der Waals surface area (Å²) in [5, 5.41) is 0.0601. The molecule has 0 radical (unpaired) electrons. The molecule has 0 aliphatic carbocycles. The molecule has 0 fully saturated rings. The lowest BCUT2D eigenvalue weighted by Gasteiger charge is -2.19. The molecule has 0 aliphatic heterocycles. The summed E-state index contributed by atoms with van der Waals surface area (Å²) >= 11 is 5.74. The monoisotopic (exact) mass is 245 g/mol. The number of nitrogens with zero attached hydrogens (tertiary/aromatic N) is 3. The van der Waals surface area contributed by atoms with Crippen molar-refractivity contribution in [2.75, 3.05) is 0 Å². The fourth-order valence-corrected chi connectivity index (χ4v) is 1.04. The van der Waals surface area contributed by atoms with E-state index in [9.17, 15) is 0 Å². The summed E-state index contributed by atoms with van der Waals surface area (Å²) in [6.07, 6.45) is -0.0269. The lowest BCUT2D eigenvalue weighted by molar-refractivity contribution is 0.113. The standard InChI is InChI=1S/C10H16ClN3O2/c1-6(2)15-8-12-7(11)13-9(14-8)16-10(3,4)5/h6H,1-5H3. The normalized spacial score (nSPS) is 11.7. The van der Waals surface area contributed by atoms with Crippen LogP contribution in [0.2, 0.25) is 5.28 Å². The van der Waals surface area contributed by atoms with Gasteiger partial charge in [-0.25, -0.2) is 0 Å². The van der Waals surface area contributed by atoms with Gasteiger partial charge in [0.1, 0.15) is 5.60 Å². The van der Waals surface area contributed by atoms with Gasteiger partial charge in [0.05, 0.1) is 6.10 Å². The van der Waals surface area contributed by atoms with Crippen LogP contribution in [0.3, 0.4) is 0 Å². The summed E-state index contributed by atoms with van der Waals surface area (Å²) < 4.78 is 10.8. The SMILES string of the molecule is CC(C)Oc1nc(Cl)nc(OC(C)(C)C)n1. The third-order valence-corrected chi connectivity index (χ3v) is 1.47. The van der Waals surface area contributed by atoms with Crippen molar-refractivity contribution in [3.05, 3.63) is 5.28 Å². The van der Waals surface area contributed by atoms with E-state index < -0.39 is 0 Å². The molecule has 0 N–H and O–H groups in total. The molecular weight excluding hydrogens is 230 g/mol. The highest BCUT2D eigenvalue weighted by molar-refractivity contribution is 6.28. The highest BCUT2D eigenvalue weighted by Crippen LogP contribution is 2.18. The van der Waals surface area contributed by atoms with E-state index in [1.807, 2.05) is 34.6 Å². The van der Waals surface area contributed by atoms with Crippen molar-refractivity contribution in [3.8, 4) is 12.0 Å². The second-order valence-electron chi connectivity index (χ2n) is 4.55. The molecule has 1 heterocycles. The predicted molar refractivity (Wildman–Crippen MR) is 61.0 cm³/mol. The van der Waals surface area contributed by atoms with E-state index in [1.54, 1.807) is 0 Å². The molecule has 0 unspecified atom stereocenters. The fourth-order valence-electron chi connectivity index (χ4n) is 0.898. The Morgan fingerprint density at radius 2 is 1.62 bits per heavy atom. The molecule has 0 atom stereocenters. The van der Waals surface area contributed by atoms with E-state index in [0.717, 1.165) is 0 Å². The molecule has 16 heavy (non-hydrogen) atoms. The minimum atomic E-state index is -0.389.